The van der Waals surface area contributed by atoms with Gasteiger partial charge in [0.05, 0.1) is 0 Å². The van der Waals surface area contributed by atoms with Crippen LogP contribution in [0.5, 0.6) is 0 Å². The van der Waals surface area contributed by atoms with E-state index in [1.165, 1.54) is 11.1 Å². The summed E-state index contributed by atoms with van der Waals surface area (Å²) in [6, 6.07) is 8.69. The van der Waals surface area contributed by atoms with Gasteiger partial charge in [0, 0.05) is 45.3 Å². The summed E-state index contributed by atoms with van der Waals surface area (Å²) in [4.78, 5) is 16.2. The van der Waals surface area contributed by atoms with Crippen LogP contribution in [0.25, 0.3) is 0 Å². The third-order valence-corrected chi connectivity index (χ3v) is 4.92. The van der Waals surface area contributed by atoms with Crippen molar-refractivity contribution in [2.75, 3.05) is 54.0 Å². The zero-order valence-corrected chi connectivity index (χ0v) is 15.5. The van der Waals surface area contributed by atoms with Crippen LogP contribution in [0.2, 0.25) is 0 Å². The Hall–Kier alpha value is -1.59. The number of rotatable bonds is 6. The van der Waals surface area contributed by atoms with E-state index in [0.29, 0.717) is 6.54 Å². The van der Waals surface area contributed by atoms with Crippen LogP contribution in [-0.4, -0.2) is 69.8 Å². The topological polar surface area (TPSA) is 44.8 Å². The molecule has 24 heavy (non-hydrogen) atoms. The predicted molar refractivity (Wildman–Crippen MR) is 97.5 cm³/mol. The first-order valence-corrected chi connectivity index (χ1v) is 8.71. The molecule has 0 bridgehead atoms. The van der Waals surface area contributed by atoms with Crippen LogP contribution >= 0.6 is 0 Å². The SMILES string of the molecule is Cc1ccc(C2(CNC(=O)N(C)CCN(C)C)CCOCC2)cc1. The lowest BCUT2D eigenvalue weighted by molar-refractivity contribution is 0.0502. The molecule has 0 radical (unpaired) electrons. The molecule has 1 saturated heterocycles. The molecule has 1 aliphatic rings. The maximum atomic E-state index is 12.4. The smallest absolute Gasteiger partial charge is 0.317 e. The normalized spacial score (nSPS) is 16.9. The van der Waals surface area contributed by atoms with Gasteiger partial charge in [-0.3, -0.25) is 0 Å². The predicted octanol–water partition coefficient (Wildman–Crippen LogP) is 2.25. The second-order valence-corrected chi connectivity index (χ2v) is 7.14. The first kappa shape index (κ1) is 18.7. The molecule has 1 aromatic rings. The molecule has 0 spiro atoms. The molecule has 2 rings (SSSR count). The van der Waals surface area contributed by atoms with Crippen molar-refractivity contribution in [1.29, 1.82) is 0 Å². The summed E-state index contributed by atoms with van der Waals surface area (Å²) in [7, 11) is 5.88. The Morgan fingerprint density at radius 2 is 1.75 bits per heavy atom. The highest BCUT2D eigenvalue weighted by atomic mass is 16.5. The minimum atomic E-state index is -0.0238. The number of urea groups is 1. The van der Waals surface area contributed by atoms with E-state index in [4.69, 9.17) is 4.74 Å². The number of amides is 2. The highest BCUT2D eigenvalue weighted by molar-refractivity contribution is 5.74. The van der Waals surface area contributed by atoms with E-state index in [1.807, 2.05) is 21.1 Å². The number of carbonyl (C=O) groups is 1. The summed E-state index contributed by atoms with van der Waals surface area (Å²) in [6.45, 7) is 5.84. The Bertz CT molecular complexity index is 522. The zero-order chi connectivity index (χ0) is 17.6. The molecule has 1 aliphatic heterocycles. The lowest BCUT2D eigenvalue weighted by Crippen LogP contribution is -2.48. The molecule has 1 fully saturated rings. The van der Waals surface area contributed by atoms with Gasteiger partial charge in [-0.25, -0.2) is 4.79 Å². The van der Waals surface area contributed by atoms with Crippen molar-refractivity contribution >= 4 is 6.03 Å². The number of ether oxygens (including phenoxy) is 1. The van der Waals surface area contributed by atoms with E-state index in [0.717, 1.165) is 39.1 Å². The van der Waals surface area contributed by atoms with Crippen LogP contribution < -0.4 is 5.32 Å². The number of aryl methyl sites for hydroxylation is 1. The van der Waals surface area contributed by atoms with Gasteiger partial charge in [0.1, 0.15) is 0 Å². The fourth-order valence-corrected chi connectivity index (χ4v) is 3.07. The Kier molecular flexibility index (Phi) is 6.63. The number of carbonyl (C=O) groups excluding carboxylic acids is 1. The van der Waals surface area contributed by atoms with Crippen LogP contribution in [0.15, 0.2) is 24.3 Å². The summed E-state index contributed by atoms with van der Waals surface area (Å²) in [5, 5.41) is 3.14. The third kappa shape index (κ3) is 4.95. The van der Waals surface area contributed by atoms with Crippen molar-refractivity contribution < 1.29 is 9.53 Å². The van der Waals surface area contributed by atoms with Crippen molar-refractivity contribution in [1.82, 2.24) is 15.1 Å². The zero-order valence-electron chi connectivity index (χ0n) is 15.5. The van der Waals surface area contributed by atoms with Gasteiger partial charge in [-0.05, 0) is 39.4 Å². The molecule has 1 N–H and O–H groups in total. The molecule has 0 aromatic heterocycles. The third-order valence-electron chi connectivity index (χ3n) is 4.92. The molecule has 0 aliphatic carbocycles. The van der Waals surface area contributed by atoms with Crippen molar-refractivity contribution in [3.05, 3.63) is 35.4 Å². The number of likely N-dealkylation sites (N-methyl/N-ethyl adjacent to an activating group) is 2. The summed E-state index contributed by atoms with van der Waals surface area (Å²) in [6.07, 6.45) is 1.88. The molecular formula is C19H31N3O2. The van der Waals surface area contributed by atoms with Crippen LogP contribution in [0.4, 0.5) is 4.79 Å². The Balaban J connectivity index is 2.01. The lowest BCUT2D eigenvalue weighted by atomic mass is 9.74. The molecule has 5 heteroatoms. The van der Waals surface area contributed by atoms with Gasteiger partial charge < -0.3 is 19.9 Å². The van der Waals surface area contributed by atoms with Crippen molar-refractivity contribution in [2.24, 2.45) is 0 Å². The van der Waals surface area contributed by atoms with E-state index >= 15 is 0 Å². The largest absolute Gasteiger partial charge is 0.381 e. The van der Waals surface area contributed by atoms with Gasteiger partial charge >= 0.3 is 6.03 Å². The van der Waals surface area contributed by atoms with Crippen molar-refractivity contribution in [2.45, 2.75) is 25.2 Å². The number of hydrogen-bond acceptors (Lipinski definition) is 3. The molecule has 0 atom stereocenters. The summed E-state index contributed by atoms with van der Waals surface area (Å²) in [5.41, 5.74) is 2.53. The average Bonchev–Trinajstić information content (AvgIpc) is 2.59. The van der Waals surface area contributed by atoms with Gasteiger partial charge in [0.2, 0.25) is 0 Å². The Morgan fingerprint density at radius 3 is 2.33 bits per heavy atom. The molecule has 1 aromatic carbocycles. The van der Waals surface area contributed by atoms with Gasteiger partial charge in [0.15, 0.2) is 0 Å². The monoisotopic (exact) mass is 333 g/mol. The van der Waals surface area contributed by atoms with Gasteiger partial charge in [0.25, 0.3) is 0 Å². The Morgan fingerprint density at radius 1 is 1.12 bits per heavy atom. The number of benzene rings is 1. The molecule has 0 unspecified atom stereocenters. The number of nitrogens with one attached hydrogen (secondary N) is 1. The van der Waals surface area contributed by atoms with Crippen LogP contribution in [0.1, 0.15) is 24.0 Å². The summed E-state index contributed by atoms with van der Waals surface area (Å²) < 4.78 is 5.56. The van der Waals surface area contributed by atoms with E-state index in [1.54, 1.807) is 4.90 Å². The molecule has 134 valence electrons. The molecule has 2 amide bonds. The van der Waals surface area contributed by atoms with Gasteiger partial charge in [-0.15, -0.1) is 0 Å². The van der Waals surface area contributed by atoms with Gasteiger partial charge in [-0.2, -0.15) is 0 Å². The highest BCUT2D eigenvalue weighted by Crippen LogP contribution is 2.34. The quantitative estimate of drug-likeness (QED) is 0.868. The lowest BCUT2D eigenvalue weighted by Gasteiger charge is -2.38. The molecule has 0 saturated carbocycles. The summed E-state index contributed by atoms with van der Waals surface area (Å²) >= 11 is 0. The molecule has 1 heterocycles. The highest BCUT2D eigenvalue weighted by Gasteiger charge is 2.35. The minimum Gasteiger partial charge on any atom is -0.381 e. The van der Waals surface area contributed by atoms with E-state index in [9.17, 15) is 4.79 Å². The Labute approximate surface area is 146 Å². The average molecular weight is 333 g/mol. The fourth-order valence-electron chi connectivity index (χ4n) is 3.07. The minimum absolute atomic E-state index is 0.00479. The second-order valence-electron chi connectivity index (χ2n) is 7.14. The standard InChI is InChI=1S/C19H31N3O2/c1-16-5-7-17(8-6-16)19(9-13-24-14-10-19)15-20-18(23)22(4)12-11-21(2)3/h5-8H,9-15H2,1-4H3,(H,20,23). The van der Waals surface area contributed by atoms with E-state index in [-0.39, 0.29) is 11.4 Å². The maximum absolute atomic E-state index is 12.4. The van der Waals surface area contributed by atoms with E-state index in [2.05, 4.69) is 41.4 Å². The summed E-state index contributed by atoms with van der Waals surface area (Å²) in [5.74, 6) is 0. The number of hydrogen-bond donors (Lipinski definition) is 1. The first-order valence-electron chi connectivity index (χ1n) is 8.71. The maximum Gasteiger partial charge on any atom is 0.317 e. The van der Waals surface area contributed by atoms with Crippen LogP contribution in [0.3, 0.4) is 0 Å². The fraction of sp³-hybridized carbons (Fsp3) is 0.632. The second kappa shape index (κ2) is 8.49. The van der Waals surface area contributed by atoms with Crippen LogP contribution in [-0.2, 0) is 10.2 Å². The number of nitrogens with zero attached hydrogens (tertiary/aromatic N) is 2. The molecule has 5 nitrogen and oxygen atoms in total. The van der Waals surface area contributed by atoms with Gasteiger partial charge in [-0.1, -0.05) is 29.8 Å². The van der Waals surface area contributed by atoms with E-state index < -0.39 is 0 Å². The van der Waals surface area contributed by atoms with Crippen molar-refractivity contribution in [3.8, 4) is 0 Å². The van der Waals surface area contributed by atoms with Crippen LogP contribution in [0, 0.1) is 6.92 Å². The first-order chi connectivity index (χ1) is 11.4. The molecular weight excluding hydrogens is 302 g/mol. The van der Waals surface area contributed by atoms with Crippen molar-refractivity contribution in [3.63, 3.8) is 0 Å².